The number of hydrogen-bond acceptors (Lipinski definition) is 6. The van der Waals surface area contributed by atoms with Crippen molar-refractivity contribution in [2.75, 3.05) is 16.8 Å². The van der Waals surface area contributed by atoms with Crippen LogP contribution >= 0.6 is 0 Å². The molecule has 0 bridgehead atoms. The van der Waals surface area contributed by atoms with Gasteiger partial charge in [-0.15, -0.1) is 0 Å². The fraction of sp³-hybridized carbons (Fsp3) is 0.500. The van der Waals surface area contributed by atoms with E-state index in [0.717, 1.165) is 29.9 Å². The molecule has 0 saturated carbocycles. The molecule has 0 aliphatic carbocycles. The smallest absolute Gasteiger partial charge is 0.227 e. The fourth-order valence-electron chi connectivity index (χ4n) is 3.29. The monoisotopic (exact) mass is 396 g/mol. The molecule has 1 atom stereocenters. The highest BCUT2D eigenvalue weighted by Gasteiger charge is 2.22. The average molecular weight is 397 g/mol. The molecule has 3 rings (SSSR count). The Balaban J connectivity index is 2.12. The van der Waals surface area contributed by atoms with E-state index in [2.05, 4.69) is 71.7 Å². The minimum atomic E-state index is -0.0858. The summed E-state index contributed by atoms with van der Waals surface area (Å²) in [5.41, 5.74) is 2.82. The molecule has 2 N–H and O–H groups in total. The zero-order valence-electron chi connectivity index (χ0n) is 18.0. The van der Waals surface area contributed by atoms with Crippen molar-refractivity contribution in [3.63, 3.8) is 0 Å². The number of imidazole rings is 1. The highest BCUT2D eigenvalue weighted by atomic mass is 16.3. The number of nitrogens with zero attached hydrogens (tertiary/aromatic N) is 5. The predicted octanol–water partition coefficient (Wildman–Crippen LogP) is 4.01. The van der Waals surface area contributed by atoms with E-state index in [4.69, 9.17) is 9.97 Å². The first-order chi connectivity index (χ1) is 13.9. The molecule has 0 unspecified atom stereocenters. The van der Waals surface area contributed by atoms with E-state index in [-0.39, 0.29) is 24.7 Å². The summed E-state index contributed by atoms with van der Waals surface area (Å²) in [4.78, 5) is 16.5. The quantitative estimate of drug-likeness (QED) is 0.569. The summed E-state index contributed by atoms with van der Waals surface area (Å²) >= 11 is 0. The average Bonchev–Trinajstić information content (AvgIpc) is 3.14. The number of nitrogens with one attached hydrogen (secondary N) is 1. The van der Waals surface area contributed by atoms with Crippen LogP contribution in [-0.2, 0) is 6.54 Å². The molecule has 29 heavy (non-hydrogen) atoms. The molecular formula is C22H32N6O. The number of aromatic nitrogens is 4. The number of fused-ring (bicyclic) bond motifs is 1. The van der Waals surface area contributed by atoms with E-state index in [9.17, 15) is 5.11 Å². The molecule has 1 aromatic carbocycles. The number of hydrogen-bond donors (Lipinski definition) is 2. The van der Waals surface area contributed by atoms with E-state index < -0.39 is 0 Å². The van der Waals surface area contributed by atoms with Crippen molar-refractivity contribution in [2.24, 2.45) is 0 Å². The lowest BCUT2D eigenvalue weighted by molar-refractivity contribution is 0.271. The highest BCUT2D eigenvalue weighted by Crippen LogP contribution is 2.29. The molecule has 0 aliphatic rings. The summed E-state index contributed by atoms with van der Waals surface area (Å²) in [6.45, 7) is 11.3. The van der Waals surface area contributed by atoms with Gasteiger partial charge in [-0.25, -0.2) is 4.98 Å². The maximum absolute atomic E-state index is 9.62. The maximum Gasteiger partial charge on any atom is 0.227 e. The van der Waals surface area contributed by atoms with Gasteiger partial charge in [-0.1, -0.05) is 37.3 Å². The van der Waals surface area contributed by atoms with Crippen LogP contribution in [0.2, 0.25) is 0 Å². The summed E-state index contributed by atoms with van der Waals surface area (Å²) in [5.74, 6) is 1.33. The van der Waals surface area contributed by atoms with Gasteiger partial charge >= 0.3 is 0 Å². The van der Waals surface area contributed by atoms with Crippen LogP contribution in [0.15, 0.2) is 36.7 Å². The molecule has 0 spiro atoms. The third-order valence-corrected chi connectivity index (χ3v) is 5.10. The van der Waals surface area contributed by atoms with Gasteiger partial charge in [0.2, 0.25) is 5.95 Å². The van der Waals surface area contributed by atoms with Crippen molar-refractivity contribution in [3.05, 3.63) is 42.2 Å². The molecule has 0 amide bonds. The lowest BCUT2D eigenvalue weighted by Gasteiger charge is -2.29. The molecule has 2 heterocycles. The summed E-state index contributed by atoms with van der Waals surface area (Å²) in [5, 5.41) is 12.9. The van der Waals surface area contributed by atoms with Gasteiger partial charge in [-0.05, 0) is 39.7 Å². The van der Waals surface area contributed by atoms with Crippen LogP contribution in [-0.4, -0.2) is 43.3 Å². The number of rotatable bonds is 9. The Morgan fingerprint density at radius 2 is 1.83 bits per heavy atom. The first-order valence-corrected chi connectivity index (χ1v) is 10.4. The van der Waals surface area contributed by atoms with E-state index in [1.165, 1.54) is 5.56 Å². The highest BCUT2D eigenvalue weighted by molar-refractivity contribution is 5.85. The largest absolute Gasteiger partial charge is 0.394 e. The second kappa shape index (κ2) is 9.22. The fourth-order valence-corrected chi connectivity index (χ4v) is 3.29. The first kappa shape index (κ1) is 21.0. The molecule has 7 heteroatoms. The zero-order valence-corrected chi connectivity index (χ0v) is 18.0. The van der Waals surface area contributed by atoms with Crippen LogP contribution < -0.4 is 10.2 Å². The molecule has 2 aromatic heterocycles. The molecule has 0 saturated heterocycles. The van der Waals surface area contributed by atoms with Gasteiger partial charge in [-0.3, -0.25) is 0 Å². The van der Waals surface area contributed by atoms with Crippen molar-refractivity contribution in [1.82, 2.24) is 19.5 Å². The third-order valence-electron chi connectivity index (χ3n) is 5.10. The molecule has 0 radical (unpaired) electrons. The van der Waals surface area contributed by atoms with Gasteiger partial charge in [0, 0.05) is 18.6 Å². The van der Waals surface area contributed by atoms with Crippen molar-refractivity contribution in [1.29, 1.82) is 0 Å². The van der Waals surface area contributed by atoms with E-state index in [0.29, 0.717) is 5.95 Å². The van der Waals surface area contributed by atoms with E-state index >= 15 is 0 Å². The number of benzene rings is 1. The maximum atomic E-state index is 9.62. The van der Waals surface area contributed by atoms with Crippen LogP contribution in [0.25, 0.3) is 11.2 Å². The van der Waals surface area contributed by atoms with Gasteiger partial charge in [0.05, 0.1) is 19.0 Å². The second-order valence-corrected chi connectivity index (χ2v) is 7.93. The number of anilines is 2. The van der Waals surface area contributed by atoms with Gasteiger partial charge in [0.1, 0.15) is 0 Å². The molecule has 7 nitrogen and oxygen atoms in total. The van der Waals surface area contributed by atoms with Crippen LogP contribution in [0, 0.1) is 0 Å². The minimum absolute atomic E-state index is 0.0363. The number of aliphatic hydroxyl groups excluding tert-OH is 1. The Hall–Kier alpha value is -2.67. The molecular weight excluding hydrogens is 364 g/mol. The Morgan fingerprint density at radius 3 is 2.41 bits per heavy atom. The number of aliphatic hydroxyl groups is 1. The van der Waals surface area contributed by atoms with Crippen LogP contribution in [0.5, 0.6) is 0 Å². The van der Waals surface area contributed by atoms with E-state index in [1.807, 2.05) is 19.3 Å². The SMILES string of the molecule is CC[C@H](CO)Nc1nc(N(Cc2ccccc2)C(C)C)c2ncn(C(C)C)c2n1. The van der Waals surface area contributed by atoms with Crippen molar-refractivity contribution >= 4 is 22.9 Å². The van der Waals surface area contributed by atoms with Gasteiger partial charge in [0.15, 0.2) is 17.0 Å². The lowest BCUT2D eigenvalue weighted by Crippen LogP contribution is -2.32. The standard InChI is InChI=1S/C22H32N6O/c1-6-18(13-29)24-22-25-20(19-21(26-22)28(14-23-19)16(4)5)27(15(2)3)12-17-10-8-7-9-11-17/h7-11,14-16,18,29H,6,12-13H2,1-5H3,(H,24,25,26)/t18-/m1/s1. The predicted molar refractivity (Wildman–Crippen MR) is 118 cm³/mol. The Bertz CT molecular complexity index is 918. The Kier molecular flexibility index (Phi) is 6.69. The zero-order chi connectivity index (χ0) is 21.0. The van der Waals surface area contributed by atoms with E-state index in [1.54, 1.807) is 0 Å². The molecule has 0 aliphatic heterocycles. The summed E-state index contributed by atoms with van der Waals surface area (Å²) in [6.07, 6.45) is 2.62. The van der Waals surface area contributed by atoms with Crippen molar-refractivity contribution in [3.8, 4) is 0 Å². The molecule has 156 valence electrons. The Labute approximate surface area is 172 Å². The van der Waals surface area contributed by atoms with Crippen LogP contribution in [0.4, 0.5) is 11.8 Å². The summed E-state index contributed by atoms with van der Waals surface area (Å²) in [6, 6.07) is 10.8. The van der Waals surface area contributed by atoms with Crippen LogP contribution in [0.3, 0.4) is 0 Å². The first-order valence-electron chi connectivity index (χ1n) is 10.4. The van der Waals surface area contributed by atoms with Crippen molar-refractivity contribution < 1.29 is 5.11 Å². The summed E-state index contributed by atoms with van der Waals surface area (Å²) < 4.78 is 2.06. The normalized spacial score (nSPS) is 12.7. The molecule has 0 fully saturated rings. The van der Waals surface area contributed by atoms with Gasteiger partial charge in [0.25, 0.3) is 0 Å². The lowest BCUT2D eigenvalue weighted by atomic mass is 10.2. The van der Waals surface area contributed by atoms with Gasteiger partial charge < -0.3 is 19.9 Å². The van der Waals surface area contributed by atoms with Crippen LogP contribution in [0.1, 0.15) is 52.6 Å². The van der Waals surface area contributed by atoms with Gasteiger partial charge in [-0.2, -0.15) is 9.97 Å². The molecule has 3 aromatic rings. The minimum Gasteiger partial charge on any atom is -0.394 e. The van der Waals surface area contributed by atoms with Crippen molar-refractivity contribution in [2.45, 2.75) is 65.7 Å². The Morgan fingerprint density at radius 1 is 1.10 bits per heavy atom. The summed E-state index contributed by atoms with van der Waals surface area (Å²) in [7, 11) is 0. The topological polar surface area (TPSA) is 79.1 Å². The third kappa shape index (κ3) is 4.67. The second-order valence-electron chi connectivity index (χ2n) is 7.93.